The summed E-state index contributed by atoms with van der Waals surface area (Å²) in [6.07, 6.45) is -3.70. The first-order valence-electron chi connectivity index (χ1n) is 7.90. The highest BCUT2D eigenvalue weighted by atomic mass is 32.1. The molecular formula is C16H15F3N4O2S. The summed E-state index contributed by atoms with van der Waals surface area (Å²) in [5.74, 6) is -0.877. The molecule has 1 saturated heterocycles. The topological polar surface area (TPSA) is 75.2 Å². The molecule has 0 unspecified atom stereocenters. The minimum atomic E-state index is -4.58. The van der Waals surface area contributed by atoms with E-state index in [1.165, 1.54) is 0 Å². The van der Waals surface area contributed by atoms with Gasteiger partial charge in [0.25, 0.3) is 5.91 Å². The molecule has 138 valence electrons. The maximum absolute atomic E-state index is 12.5. The zero-order valence-electron chi connectivity index (χ0n) is 13.5. The molecule has 1 aromatic carbocycles. The molecule has 10 heteroatoms. The lowest BCUT2D eigenvalue weighted by atomic mass is 9.95. The zero-order valence-corrected chi connectivity index (χ0v) is 14.3. The molecule has 1 aromatic heterocycles. The Morgan fingerprint density at radius 1 is 1.12 bits per heavy atom. The van der Waals surface area contributed by atoms with Crippen molar-refractivity contribution in [1.29, 1.82) is 0 Å². The number of nitrogens with zero attached hydrogens (tertiary/aromatic N) is 3. The van der Waals surface area contributed by atoms with Gasteiger partial charge < -0.3 is 10.2 Å². The minimum absolute atomic E-state index is 0.0941. The molecule has 1 N–H and O–H groups in total. The molecule has 1 aliphatic heterocycles. The smallest absolute Gasteiger partial charge is 0.339 e. The number of hydrogen-bond donors (Lipinski definition) is 1. The summed E-state index contributed by atoms with van der Waals surface area (Å²) in [6.45, 7) is 0.825. The monoisotopic (exact) mass is 384 g/mol. The first kappa shape index (κ1) is 18.3. The summed E-state index contributed by atoms with van der Waals surface area (Å²) >= 11 is 0.291. The number of carbonyl (C=O) groups is 2. The van der Waals surface area contributed by atoms with Crippen LogP contribution in [0.1, 0.15) is 28.2 Å². The highest BCUT2D eigenvalue weighted by Crippen LogP contribution is 2.33. The van der Waals surface area contributed by atoms with Crippen molar-refractivity contribution in [2.45, 2.75) is 19.0 Å². The summed E-state index contributed by atoms with van der Waals surface area (Å²) in [5.41, 5.74) is 0.587. The van der Waals surface area contributed by atoms with Crippen LogP contribution < -0.4 is 5.32 Å². The highest BCUT2D eigenvalue weighted by Gasteiger charge is 2.36. The van der Waals surface area contributed by atoms with Crippen molar-refractivity contribution in [2.24, 2.45) is 5.92 Å². The van der Waals surface area contributed by atoms with Crippen molar-refractivity contribution in [3.05, 3.63) is 40.9 Å². The lowest BCUT2D eigenvalue weighted by Gasteiger charge is -2.31. The van der Waals surface area contributed by atoms with Crippen LogP contribution in [-0.4, -0.2) is 40.0 Å². The first-order chi connectivity index (χ1) is 12.3. The first-order valence-corrected chi connectivity index (χ1v) is 8.72. The van der Waals surface area contributed by atoms with Gasteiger partial charge in [0.15, 0.2) is 0 Å². The second-order valence-corrected chi connectivity index (χ2v) is 6.81. The van der Waals surface area contributed by atoms with Gasteiger partial charge in [-0.2, -0.15) is 13.2 Å². The predicted molar refractivity (Wildman–Crippen MR) is 88.6 cm³/mol. The van der Waals surface area contributed by atoms with Gasteiger partial charge in [0.2, 0.25) is 16.0 Å². The number of alkyl halides is 3. The van der Waals surface area contributed by atoms with Crippen LogP contribution in [0.4, 0.5) is 18.3 Å². The molecule has 0 aliphatic carbocycles. The molecule has 0 bridgehead atoms. The zero-order chi connectivity index (χ0) is 18.7. The summed E-state index contributed by atoms with van der Waals surface area (Å²) in [5, 5.41) is 7.49. The SMILES string of the molecule is O=C(Nc1nnc(C(F)(F)F)s1)C1CCN(C(=O)c2ccccc2)CC1. The van der Waals surface area contributed by atoms with E-state index in [0.29, 0.717) is 42.8 Å². The lowest BCUT2D eigenvalue weighted by Crippen LogP contribution is -2.41. The molecule has 1 aliphatic rings. The highest BCUT2D eigenvalue weighted by molar-refractivity contribution is 7.15. The van der Waals surface area contributed by atoms with E-state index in [1.54, 1.807) is 29.2 Å². The van der Waals surface area contributed by atoms with E-state index >= 15 is 0 Å². The molecule has 2 aromatic rings. The molecular weight excluding hydrogens is 369 g/mol. The van der Waals surface area contributed by atoms with Crippen LogP contribution in [0.15, 0.2) is 30.3 Å². The normalized spacial score (nSPS) is 15.7. The van der Waals surface area contributed by atoms with Crippen LogP contribution in [0, 0.1) is 5.92 Å². The number of hydrogen-bond acceptors (Lipinski definition) is 5. The van der Waals surface area contributed by atoms with E-state index in [9.17, 15) is 22.8 Å². The molecule has 2 heterocycles. The Balaban J connectivity index is 1.54. The Bertz CT molecular complexity index is 786. The van der Waals surface area contributed by atoms with E-state index < -0.39 is 17.1 Å². The Morgan fingerprint density at radius 3 is 2.35 bits per heavy atom. The summed E-state index contributed by atoms with van der Waals surface area (Å²) in [4.78, 5) is 26.3. The van der Waals surface area contributed by atoms with Crippen molar-refractivity contribution in [1.82, 2.24) is 15.1 Å². The van der Waals surface area contributed by atoms with E-state index in [-0.39, 0.29) is 17.0 Å². The standard InChI is InChI=1S/C16H15F3N4O2S/c17-16(18,19)14-21-22-15(26-14)20-12(24)10-6-8-23(9-7-10)13(25)11-4-2-1-3-5-11/h1-5,10H,6-9H2,(H,20,22,24). The fourth-order valence-corrected chi connectivity index (χ4v) is 3.32. The van der Waals surface area contributed by atoms with Crippen LogP contribution in [-0.2, 0) is 11.0 Å². The van der Waals surface area contributed by atoms with Crippen LogP contribution >= 0.6 is 11.3 Å². The van der Waals surface area contributed by atoms with Gasteiger partial charge in [-0.05, 0) is 25.0 Å². The van der Waals surface area contributed by atoms with Crippen LogP contribution in [0.3, 0.4) is 0 Å². The molecule has 2 amide bonds. The van der Waals surface area contributed by atoms with E-state index in [4.69, 9.17) is 0 Å². The van der Waals surface area contributed by atoms with Gasteiger partial charge in [-0.1, -0.05) is 29.5 Å². The molecule has 0 radical (unpaired) electrons. The second kappa shape index (κ2) is 7.40. The fourth-order valence-electron chi connectivity index (χ4n) is 2.70. The van der Waals surface area contributed by atoms with Gasteiger partial charge in [0.05, 0.1) is 0 Å². The average molecular weight is 384 g/mol. The Labute approximate surface area is 151 Å². The number of likely N-dealkylation sites (tertiary alicyclic amines) is 1. The maximum Gasteiger partial charge on any atom is 0.445 e. The lowest BCUT2D eigenvalue weighted by molar-refractivity contribution is -0.138. The number of carbonyl (C=O) groups excluding carboxylic acids is 2. The van der Waals surface area contributed by atoms with Gasteiger partial charge in [0, 0.05) is 24.6 Å². The second-order valence-electron chi connectivity index (χ2n) is 5.83. The van der Waals surface area contributed by atoms with Crippen LogP contribution in [0.5, 0.6) is 0 Å². The van der Waals surface area contributed by atoms with Crippen molar-refractivity contribution in [3.8, 4) is 0 Å². The molecule has 6 nitrogen and oxygen atoms in total. The molecule has 26 heavy (non-hydrogen) atoms. The third-order valence-electron chi connectivity index (χ3n) is 4.07. The predicted octanol–water partition coefficient (Wildman–Crippen LogP) is 3.05. The van der Waals surface area contributed by atoms with Gasteiger partial charge in [-0.15, -0.1) is 10.2 Å². The minimum Gasteiger partial charge on any atom is -0.339 e. The summed E-state index contributed by atoms with van der Waals surface area (Å²) < 4.78 is 37.5. The number of aromatic nitrogens is 2. The van der Waals surface area contributed by atoms with Crippen molar-refractivity contribution >= 4 is 28.3 Å². The summed E-state index contributed by atoms with van der Waals surface area (Å²) in [6, 6.07) is 8.85. The largest absolute Gasteiger partial charge is 0.445 e. The molecule has 0 saturated carbocycles. The Kier molecular flexibility index (Phi) is 5.21. The number of halogens is 3. The van der Waals surface area contributed by atoms with Crippen molar-refractivity contribution in [2.75, 3.05) is 18.4 Å². The maximum atomic E-state index is 12.5. The number of anilines is 1. The quantitative estimate of drug-likeness (QED) is 0.883. The Hall–Kier alpha value is -2.49. The number of rotatable bonds is 3. The number of piperidine rings is 1. The average Bonchev–Trinajstić information content (AvgIpc) is 3.11. The van der Waals surface area contributed by atoms with E-state index in [2.05, 4.69) is 15.5 Å². The molecule has 1 fully saturated rings. The third-order valence-corrected chi connectivity index (χ3v) is 4.95. The number of nitrogens with one attached hydrogen (secondary N) is 1. The van der Waals surface area contributed by atoms with E-state index in [0.717, 1.165) is 0 Å². The number of amides is 2. The van der Waals surface area contributed by atoms with Crippen molar-refractivity contribution < 1.29 is 22.8 Å². The van der Waals surface area contributed by atoms with Gasteiger partial charge in [0.1, 0.15) is 0 Å². The van der Waals surface area contributed by atoms with Gasteiger partial charge in [-0.3, -0.25) is 9.59 Å². The van der Waals surface area contributed by atoms with Crippen LogP contribution in [0.25, 0.3) is 0 Å². The van der Waals surface area contributed by atoms with Gasteiger partial charge in [-0.25, -0.2) is 0 Å². The molecule has 0 spiro atoms. The van der Waals surface area contributed by atoms with E-state index in [1.807, 2.05) is 6.07 Å². The molecule has 0 atom stereocenters. The van der Waals surface area contributed by atoms with Gasteiger partial charge >= 0.3 is 6.18 Å². The third kappa shape index (κ3) is 4.18. The number of benzene rings is 1. The fraction of sp³-hybridized carbons (Fsp3) is 0.375. The molecule has 3 rings (SSSR count). The van der Waals surface area contributed by atoms with Crippen LogP contribution in [0.2, 0.25) is 0 Å². The summed E-state index contributed by atoms with van der Waals surface area (Å²) in [7, 11) is 0. The van der Waals surface area contributed by atoms with Crippen molar-refractivity contribution in [3.63, 3.8) is 0 Å². The Morgan fingerprint density at radius 2 is 1.77 bits per heavy atom.